The fourth-order valence-corrected chi connectivity index (χ4v) is 3.30. The van der Waals surface area contributed by atoms with Crippen LogP contribution in [-0.4, -0.2) is 24.1 Å². The van der Waals surface area contributed by atoms with Crippen LogP contribution in [0, 0.1) is 6.92 Å². The topological polar surface area (TPSA) is 58.4 Å². The molecule has 5 nitrogen and oxygen atoms in total. The van der Waals surface area contributed by atoms with Crippen LogP contribution in [0.2, 0.25) is 0 Å². The summed E-state index contributed by atoms with van der Waals surface area (Å²) in [4.78, 5) is 16.2. The fourth-order valence-electron chi connectivity index (χ4n) is 3.30. The van der Waals surface area contributed by atoms with Gasteiger partial charge in [-0.05, 0) is 35.6 Å². The third-order valence-corrected chi connectivity index (χ3v) is 5.15. The summed E-state index contributed by atoms with van der Waals surface area (Å²) in [6, 6.07) is 22.1. The third kappa shape index (κ3) is 6.08. The molecule has 1 unspecified atom stereocenters. The molecule has 0 aliphatic rings. The average molecular weight is 403 g/mol. The number of hydrogen-bond acceptors (Lipinski definition) is 2. The number of nitrogens with one attached hydrogen (secondary N) is 2. The average Bonchev–Trinajstić information content (AvgIpc) is 2.76. The van der Waals surface area contributed by atoms with Gasteiger partial charge in [-0.1, -0.05) is 67.1 Å². The molecule has 1 heterocycles. The molecule has 3 rings (SSSR count). The SMILES string of the molecule is CN=C(NCc1ccc(Cn2ccccc2=O)cc1)NCC(C)c1cccc(C)c1. The molecule has 0 spiro atoms. The van der Waals surface area contributed by atoms with Gasteiger partial charge in [-0.2, -0.15) is 0 Å². The van der Waals surface area contributed by atoms with Gasteiger partial charge in [-0.25, -0.2) is 0 Å². The molecule has 156 valence electrons. The molecule has 0 bridgehead atoms. The fraction of sp³-hybridized carbons (Fsp3) is 0.280. The summed E-state index contributed by atoms with van der Waals surface area (Å²) in [5.41, 5.74) is 4.88. The maximum absolute atomic E-state index is 11.9. The van der Waals surface area contributed by atoms with Gasteiger partial charge in [0, 0.05) is 32.4 Å². The largest absolute Gasteiger partial charge is 0.356 e. The van der Waals surface area contributed by atoms with Crippen LogP contribution in [0.4, 0.5) is 0 Å². The molecule has 0 aliphatic heterocycles. The predicted octanol–water partition coefficient (Wildman–Crippen LogP) is 3.67. The minimum atomic E-state index is 0.0120. The first-order valence-corrected chi connectivity index (χ1v) is 10.3. The minimum absolute atomic E-state index is 0.0120. The van der Waals surface area contributed by atoms with Crippen molar-refractivity contribution in [3.8, 4) is 0 Å². The zero-order chi connectivity index (χ0) is 21.3. The second-order valence-electron chi connectivity index (χ2n) is 7.61. The van der Waals surface area contributed by atoms with Gasteiger partial charge in [0.25, 0.3) is 5.56 Å². The Hall–Kier alpha value is -3.34. The van der Waals surface area contributed by atoms with Crippen LogP contribution in [-0.2, 0) is 13.1 Å². The van der Waals surface area contributed by atoms with E-state index in [-0.39, 0.29) is 5.56 Å². The number of hydrogen-bond donors (Lipinski definition) is 2. The summed E-state index contributed by atoms with van der Waals surface area (Å²) in [7, 11) is 1.79. The molecule has 0 aliphatic carbocycles. The standard InChI is InChI=1S/C25H30N4O/c1-19-7-6-8-23(15-19)20(2)16-27-25(26-3)28-17-21-10-12-22(13-11-21)18-29-14-5-4-9-24(29)30/h4-15,20H,16-18H2,1-3H3,(H2,26,27,28). The third-order valence-electron chi connectivity index (χ3n) is 5.15. The van der Waals surface area contributed by atoms with Gasteiger partial charge in [0.2, 0.25) is 0 Å². The smallest absolute Gasteiger partial charge is 0.250 e. The molecular weight excluding hydrogens is 372 g/mol. The normalized spacial score (nSPS) is 12.4. The van der Waals surface area contributed by atoms with Gasteiger partial charge >= 0.3 is 0 Å². The van der Waals surface area contributed by atoms with E-state index < -0.39 is 0 Å². The molecule has 1 aromatic heterocycles. The second-order valence-corrected chi connectivity index (χ2v) is 7.61. The van der Waals surface area contributed by atoms with Crippen LogP contribution in [0.25, 0.3) is 0 Å². The first-order valence-electron chi connectivity index (χ1n) is 10.3. The highest BCUT2D eigenvalue weighted by Crippen LogP contribution is 2.15. The van der Waals surface area contributed by atoms with Crippen LogP contribution in [0.3, 0.4) is 0 Å². The summed E-state index contributed by atoms with van der Waals surface area (Å²) in [5.74, 6) is 1.18. The summed E-state index contributed by atoms with van der Waals surface area (Å²) in [6.45, 7) is 6.41. The van der Waals surface area contributed by atoms with Crippen molar-refractivity contribution in [3.05, 3.63) is 106 Å². The molecule has 30 heavy (non-hydrogen) atoms. The molecule has 0 fully saturated rings. The van der Waals surface area contributed by atoms with Gasteiger partial charge < -0.3 is 15.2 Å². The molecule has 0 amide bonds. The molecule has 0 saturated heterocycles. The highest BCUT2D eigenvalue weighted by Gasteiger charge is 2.07. The lowest BCUT2D eigenvalue weighted by molar-refractivity contribution is 0.698. The quantitative estimate of drug-likeness (QED) is 0.468. The van der Waals surface area contributed by atoms with Crippen molar-refractivity contribution in [1.82, 2.24) is 15.2 Å². The highest BCUT2D eigenvalue weighted by atomic mass is 16.1. The van der Waals surface area contributed by atoms with Crippen molar-refractivity contribution in [2.24, 2.45) is 4.99 Å². The molecule has 2 aromatic carbocycles. The van der Waals surface area contributed by atoms with Crippen LogP contribution in [0.15, 0.2) is 82.7 Å². The monoisotopic (exact) mass is 402 g/mol. The van der Waals surface area contributed by atoms with Crippen molar-refractivity contribution in [3.63, 3.8) is 0 Å². The molecule has 0 saturated carbocycles. The number of nitrogens with zero attached hydrogens (tertiary/aromatic N) is 2. The highest BCUT2D eigenvalue weighted by molar-refractivity contribution is 5.79. The van der Waals surface area contributed by atoms with E-state index >= 15 is 0 Å². The Morgan fingerprint density at radius 3 is 2.47 bits per heavy atom. The van der Waals surface area contributed by atoms with E-state index in [1.54, 1.807) is 23.7 Å². The molecule has 1 atom stereocenters. The zero-order valence-corrected chi connectivity index (χ0v) is 17.9. The molecule has 2 N–H and O–H groups in total. The molecule has 0 radical (unpaired) electrons. The molecule has 5 heteroatoms. The van der Waals surface area contributed by atoms with E-state index in [0.717, 1.165) is 23.6 Å². The van der Waals surface area contributed by atoms with Gasteiger partial charge in [-0.15, -0.1) is 0 Å². The van der Waals surface area contributed by atoms with E-state index in [2.05, 4.69) is 78.0 Å². The number of aliphatic imine (C=N–C) groups is 1. The van der Waals surface area contributed by atoms with Crippen molar-refractivity contribution in [1.29, 1.82) is 0 Å². The van der Waals surface area contributed by atoms with Crippen molar-refractivity contribution in [2.75, 3.05) is 13.6 Å². The Kier molecular flexibility index (Phi) is 7.44. The summed E-state index contributed by atoms with van der Waals surface area (Å²) >= 11 is 0. The number of benzene rings is 2. The van der Waals surface area contributed by atoms with Crippen LogP contribution in [0.5, 0.6) is 0 Å². The Balaban J connectivity index is 1.50. The lowest BCUT2D eigenvalue weighted by atomic mass is 9.99. The minimum Gasteiger partial charge on any atom is -0.356 e. The van der Waals surface area contributed by atoms with E-state index in [1.165, 1.54) is 11.1 Å². The summed E-state index contributed by atoms with van der Waals surface area (Å²) < 4.78 is 1.70. The number of aryl methyl sites for hydroxylation is 1. The second kappa shape index (κ2) is 10.4. The van der Waals surface area contributed by atoms with Crippen molar-refractivity contribution in [2.45, 2.75) is 32.9 Å². The number of aromatic nitrogens is 1. The number of pyridine rings is 1. The van der Waals surface area contributed by atoms with E-state index in [1.807, 2.05) is 12.3 Å². The molecular formula is C25H30N4O. The molecule has 3 aromatic rings. The van der Waals surface area contributed by atoms with Crippen molar-refractivity contribution >= 4 is 5.96 Å². The lowest BCUT2D eigenvalue weighted by Crippen LogP contribution is -2.38. The Morgan fingerprint density at radius 2 is 1.77 bits per heavy atom. The van der Waals surface area contributed by atoms with E-state index in [4.69, 9.17) is 0 Å². The van der Waals surface area contributed by atoms with Crippen molar-refractivity contribution < 1.29 is 0 Å². The zero-order valence-electron chi connectivity index (χ0n) is 17.9. The van der Waals surface area contributed by atoms with Crippen LogP contribution >= 0.6 is 0 Å². The van der Waals surface area contributed by atoms with E-state index in [9.17, 15) is 4.79 Å². The summed E-state index contributed by atoms with van der Waals surface area (Å²) in [5, 5.41) is 6.77. The van der Waals surface area contributed by atoms with Gasteiger partial charge in [0.1, 0.15) is 0 Å². The Labute approximate surface area is 178 Å². The lowest BCUT2D eigenvalue weighted by Gasteiger charge is -2.17. The maximum atomic E-state index is 11.9. The predicted molar refractivity (Wildman–Crippen MR) is 124 cm³/mol. The van der Waals surface area contributed by atoms with E-state index in [0.29, 0.717) is 19.0 Å². The van der Waals surface area contributed by atoms with Gasteiger partial charge in [0.15, 0.2) is 5.96 Å². The number of rotatable bonds is 7. The van der Waals surface area contributed by atoms with Gasteiger partial charge in [0.05, 0.1) is 6.54 Å². The first kappa shape index (κ1) is 21.4. The van der Waals surface area contributed by atoms with Crippen LogP contribution in [0.1, 0.15) is 35.1 Å². The summed E-state index contributed by atoms with van der Waals surface area (Å²) in [6.07, 6.45) is 1.81. The van der Waals surface area contributed by atoms with Crippen LogP contribution < -0.4 is 16.2 Å². The number of guanidine groups is 1. The Bertz CT molecular complexity index is 1040. The first-order chi connectivity index (χ1) is 14.5. The van der Waals surface area contributed by atoms with Gasteiger partial charge in [-0.3, -0.25) is 9.79 Å². The maximum Gasteiger partial charge on any atom is 0.250 e. The Morgan fingerprint density at radius 1 is 1.00 bits per heavy atom.